The summed E-state index contributed by atoms with van der Waals surface area (Å²) in [4.78, 5) is 2.95. The summed E-state index contributed by atoms with van der Waals surface area (Å²) in [5.41, 5.74) is 1.54. The number of hydrogen-bond donors (Lipinski definition) is 2. The van der Waals surface area contributed by atoms with Crippen LogP contribution in [0.2, 0.25) is 0 Å². The molecule has 0 fully saturated rings. The lowest BCUT2D eigenvalue weighted by molar-refractivity contribution is 0.597. The lowest BCUT2D eigenvalue weighted by atomic mass is 10.1. The Morgan fingerprint density at radius 1 is 1.38 bits per heavy atom. The van der Waals surface area contributed by atoms with Crippen LogP contribution in [0.5, 0.6) is 0 Å². The van der Waals surface area contributed by atoms with Gasteiger partial charge in [-0.25, -0.2) is 17.9 Å². The van der Waals surface area contributed by atoms with Crippen LogP contribution in [-0.2, 0) is 16.4 Å². The van der Waals surface area contributed by atoms with E-state index in [-0.39, 0.29) is 18.0 Å². The first kappa shape index (κ1) is 11.1. The van der Waals surface area contributed by atoms with Crippen molar-refractivity contribution in [3.8, 4) is 0 Å². The van der Waals surface area contributed by atoms with Gasteiger partial charge in [0.1, 0.15) is 5.82 Å². The van der Waals surface area contributed by atoms with E-state index in [9.17, 15) is 12.8 Å². The maximum atomic E-state index is 13.0. The second kappa shape index (κ2) is 3.88. The molecule has 0 saturated carbocycles. The number of benzene rings is 1. The molecule has 0 amide bonds. The Hall–Kier alpha value is -1.40. The van der Waals surface area contributed by atoms with Crippen LogP contribution < -0.4 is 5.14 Å². The number of aromatic nitrogens is 1. The lowest BCUT2D eigenvalue weighted by Gasteiger charge is -1.98. The van der Waals surface area contributed by atoms with E-state index in [1.54, 1.807) is 12.3 Å². The quantitative estimate of drug-likeness (QED) is 0.846. The number of nitrogens with two attached hydrogens (primary N) is 1. The Morgan fingerprint density at radius 2 is 2.12 bits per heavy atom. The zero-order valence-corrected chi connectivity index (χ0v) is 9.22. The highest BCUT2D eigenvalue weighted by Gasteiger charge is 2.08. The molecule has 1 aromatic carbocycles. The van der Waals surface area contributed by atoms with Gasteiger partial charge in [0.15, 0.2) is 0 Å². The third-order valence-corrected chi connectivity index (χ3v) is 3.16. The molecule has 0 spiro atoms. The standard InChI is InChI=1S/C10H11FN2O2S/c11-8-1-2-10-9(5-8)7(6-13-10)3-4-16(12,14)15/h1-2,5-6,13H,3-4H2,(H2,12,14,15). The molecule has 86 valence electrons. The van der Waals surface area contributed by atoms with Gasteiger partial charge >= 0.3 is 0 Å². The van der Waals surface area contributed by atoms with E-state index in [4.69, 9.17) is 5.14 Å². The SMILES string of the molecule is NS(=O)(=O)CCc1c[nH]c2ccc(F)cc12. The summed E-state index contributed by atoms with van der Waals surface area (Å²) >= 11 is 0. The molecule has 0 radical (unpaired) electrons. The number of halogens is 1. The smallest absolute Gasteiger partial charge is 0.209 e. The Labute approximate surface area is 92.3 Å². The minimum Gasteiger partial charge on any atom is -0.361 e. The fraction of sp³-hybridized carbons (Fsp3) is 0.200. The van der Waals surface area contributed by atoms with Crippen molar-refractivity contribution in [1.82, 2.24) is 4.98 Å². The predicted octanol–water partition coefficient (Wildman–Crippen LogP) is 1.14. The normalized spacial score (nSPS) is 12.1. The third-order valence-electron chi connectivity index (χ3n) is 2.39. The van der Waals surface area contributed by atoms with Gasteiger partial charge in [-0.15, -0.1) is 0 Å². The first-order valence-corrected chi connectivity index (χ1v) is 6.43. The lowest BCUT2D eigenvalue weighted by Crippen LogP contribution is -2.17. The molecule has 1 heterocycles. The summed E-state index contributed by atoms with van der Waals surface area (Å²) in [6, 6.07) is 4.34. The number of sulfonamides is 1. The van der Waals surface area contributed by atoms with Gasteiger partial charge in [0.25, 0.3) is 0 Å². The van der Waals surface area contributed by atoms with Crippen LogP contribution in [-0.4, -0.2) is 19.2 Å². The van der Waals surface area contributed by atoms with Gasteiger partial charge in [-0.05, 0) is 30.2 Å². The van der Waals surface area contributed by atoms with Crippen molar-refractivity contribution in [3.05, 3.63) is 35.8 Å². The zero-order valence-electron chi connectivity index (χ0n) is 8.40. The molecule has 16 heavy (non-hydrogen) atoms. The summed E-state index contributed by atoms with van der Waals surface area (Å²) in [6.07, 6.45) is 1.96. The van der Waals surface area contributed by atoms with Crippen LogP contribution in [0.15, 0.2) is 24.4 Å². The number of aromatic amines is 1. The number of nitrogens with one attached hydrogen (secondary N) is 1. The van der Waals surface area contributed by atoms with E-state index in [0.717, 1.165) is 11.1 Å². The minimum absolute atomic E-state index is 0.142. The fourth-order valence-electron chi connectivity index (χ4n) is 1.61. The van der Waals surface area contributed by atoms with Crippen molar-refractivity contribution < 1.29 is 12.8 Å². The number of rotatable bonds is 3. The molecule has 2 rings (SSSR count). The first-order valence-electron chi connectivity index (χ1n) is 4.72. The van der Waals surface area contributed by atoms with Crippen LogP contribution >= 0.6 is 0 Å². The number of primary sulfonamides is 1. The second-order valence-electron chi connectivity index (χ2n) is 3.62. The van der Waals surface area contributed by atoms with Gasteiger partial charge in [-0.2, -0.15) is 0 Å². The molecule has 2 aromatic rings. The Balaban J connectivity index is 2.34. The number of H-pyrrole nitrogens is 1. The van der Waals surface area contributed by atoms with Crippen LogP contribution in [0.3, 0.4) is 0 Å². The van der Waals surface area contributed by atoms with Crippen LogP contribution in [0.1, 0.15) is 5.56 Å². The molecule has 0 aliphatic rings. The molecule has 0 aliphatic carbocycles. The molecule has 0 unspecified atom stereocenters. The second-order valence-corrected chi connectivity index (χ2v) is 5.35. The predicted molar refractivity (Wildman–Crippen MR) is 59.9 cm³/mol. The maximum Gasteiger partial charge on any atom is 0.209 e. The summed E-state index contributed by atoms with van der Waals surface area (Å²) in [5, 5.41) is 5.61. The van der Waals surface area contributed by atoms with E-state index in [1.807, 2.05) is 0 Å². The molecular weight excluding hydrogens is 231 g/mol. The Kier molecular flexibility index (Phi) is 2.69. The van der Waals surface area contributed by atoms with Crippen LogP contribution in [0.4, 0.5) is 4.39 Å². The van der Waals surface area contributed by atoms with Gasteiger partial charge < -0.3 is 4.98 Å². The molecule has 0 aliphatic heterocycles. The van der Waals surface area contributed by atoms with E-state index in [1.165, 1.54) is 12.1 Å². The van der Waals surface area contributed by atoms with E-state index in [2.05, 4.69) is 4.98 Å². The van der Waals surface area contributed by atoms with Crippen LogP contribution in [0.25, 0.3) is 10.9 Å². The largest absolute Gasteiger partial charge is 0.361 e. The van der Waals surface area contributed by atoms with Crippen molar-refractivity contribution in [2.45, 2.75) is 6.42 Å². The molecule has 0 saturated heterocycles. The monoisotopic (exact) mass is 242 g/mol. The fourth-order valence-corrected chi connectivity index (χ4v) is 2.11. The van der Waals surface area contributed by atoms with Crippen molar-refractivity contribution in [2.75, 3.05) is 5.75 Å². The summed E-state index contributed by atoms with van der Waals surface area (Å²) in [6.45, 7) is 0. The van der Waals surface area contributed by atoms with Crippen molar-refractivity contribution in [3.63, 3.8) is 0 Å². The molecule has 1 aromatic heterocycles. The van der Waals surface area contributed by atoms with Crippen molar-refractivity contribution in [1.29, 1.82) is 0 Å². The zero-order chi connectivity index (χ0) is 11.8. The van der Waals surface area contributed by atoms with Gasteiger partial charge in [0.2, 0.25) is 10.0 Å². The highest BCUT2D eigenvalue weighted by molar-refractivity contribution is 7.89. The highest BCUT2D eigenvalue weighted by Crippen LogP contribution is 2.19. The first-order chi connectivity index (χ1) is 7.46. The Bertz CT molecular complexity index is 619. The summed E-state index contributed by atoms with van der Waals surface area (Å²) in [5.74, 6) is -0.486. The maximum absolute atomic E-state index is 13.0. The van der Waals surface area contributed by atoms with Gasteiger partial charge in [0.05, 0.1) is 5.75 Å². The third kappa shape index (κ3) is 2.40. The molecule has 3 N–H and O–H groups in total. The van der Waals surface area contributed by atoms with Gasteiger partial charge in [-0.3, -0.25) is 0 Å². The van der Waals surface area contributed by atoms with E-state index in [0.29, 0.717) is 5.39 Å². The Morgan fingerprint density at radius 3 is 2.81 bits per heavy atom. The molecule has 0 bridgehead atoms. The molecule has 4 nitrogen and oxygen atoms in total. The van der Waals surface area contributed by atoms with Crippen molar-refractivity contribution in [2.24, 2.45) is 5.14 Å². The number of hydrogen-bond acceptors (Lipinski definition) is 2. The van der Waals surface area contributed by atoms with E-state index < -0.39 is 10.0 Å². The number of fused-ring (bicyclic) bond motifs is 1. The molecule has 6 heteroatoms. The van der Waals surface area contributed by atoms with Crippen LogP contribution in [0, 0.1) is 5.82 Å². The van der Waals surface area contributed by atoms with Gasteiger partial charge in [-0.1, -0.05) is 0 Å². The topological polar surface area (TPSA) is 76.0 Å². The highest BCUT2D eigenvalue weighted by atomic mass is 32.2. The minimum atomic E-state index is -3.49. The molecular formula is C10H11FN2O2S. The van der Waals surface area contributed by atoms with Gasteiger partial charge in [0, 0.05) is 17.1 Å². The van der Waals surface area contributed by atoms with Crippen molar-refractivity contribution >= 4 is 20.9 Å². The summed E-state index contributed by atoms with van der Waals surface area (Å²) in [7, 11) is -3.49. The number of aryl methyl sites for hydroxylation is 1. The summed E-state index contributed by atoms with van der Waals surface area (Å²) < 4.78 is 34.7. The average Bonchev–Trinajstić information content (AvgIpc) is 2.56. The van der Waals surface area contributed by atoms with E-state index >= 15 is 0 Å². The molecule has 0 atom stereocenters. The average molecular weight is 242 g/mol.